The van der Waals surface area contributed by atoms with Crippen LogP contribution in [0.1, 0.15) is 27.2 Å². The molecule has 2 N–H and O–H groups in total. The zero-order valence-electron chi connectivity index (χ0n) is 10.4. The number of aliphatic hydroxyl groups excluding tert-OH is 2. The first-order valence-corrected chi connectivity index (χ1v) is 5.23. The summed E-state index contributed by atoms with van der Waals surface area (Å²) in [6.45, 7) is 4.05. The molecule has 0 amide bonds. The Hall–Kier alpha value is 0.911. The Balaban J connectivity index is 0. The summed E-state index contributed by atoms with van der Waals surface area (Å²) in [6, 6.07) is 0. The molecule has 0 aliphatic rings. The molecule has 20 heavy (non-hydrogen) atoms. The van der Waals surface area contributed by atoms with Crippen LogP contribution < -0.4 is 0 Å². The van der Waals surface area contributed by atoms with E-state index in [0.29, 0.717) is 0 Å². The van der Waals surface area contributed by atoms with Gasteiger partial charge in [0.25, 0.3) is 0 Å². The van der Waals surface area contributed by atoms with E-state index >= 15 is 0 Å². The first-order chi connectivity index (χ1) is 8.05. The molecular formula is C10H17F7O2Sr. The van der Waals surface area contributed by atoms with Gasteiger partial charge in [-0.1, -0.05) is 20.8 Å². The summed E-state index contributed by atoms with van der Waals surface area (Å²) in [4.78, 5) is 0. The van der Waals surface area contributed by atoms with E-state index in [2.05, 4.69) is 0 Å². The molecule has 0 aliphatic heterocycles. The van der Waals surface area contributed by atoms with Gasteiger partial charge in [-0.2, -0.15) is 30.7 Å². The van der Waals surface area contributed by atoms with Gasteiger partial charge in [0.2, 0.25) is 0 Å². The number of halogens is 7. The summed E-state index contributed by atoms with van der Waals surface area (Å²) in [6.07, 6.45) is -12.8. The van der Waals surface area contributed by atoms with Gasteiger partial charge in [0, 0.05) is 6.42 Å². The number of alkyl halides is 7. The van der Waals surface area contributed by atoms with E-state index in [0.717, 1.165) is 0 Å². The molecule has 0 fully saturated rings. The molecule has 120 valence electrons. The third-order valence-electron chi connectivity index (χ3n) is 2.64. The van der Waals surface area contributed by atoms with Crippen molar-refractivity contribution in [3.05, 3.63) is 0 Å². The molecular weight excluding hydrogens is 373 g/mol. The van der Waals surface area contributed by atoms with Gasteiger partial charge in [-0.15, -0.1) is 0 Å². The first kappa shape index (κ1) is 23.2. The average molecular weight is 390 g/mol. The van der Waals surface area contributed by atoms with E-state index in [1.165, 1.54) is 20.8 Å². The fourth-order valence-corrected chi connectivity index (χ4v) is 1.11. The van der Waals surface area contributed by atoms with Crippen molar-refractivity contribution in [2.75, 3.05) is 0 Å². The van der Waals surface area contributed by atoms with Crippen LogP contribution in [0.15, 0.2) is 0 Å². The Morgan fingerprint density at radius 3 is 1.40 bits per heavy atom. The van der Waals surface area contributed by atoms with Gasteiger partial charge in [-0.3, -0.25) is 0 Å². The van der Waals surface area contributed by atoms with Crippen molar-refractivity contribution in [2.24, 2.45) is 5.41 Å². The molecule has 0 heterocycles. The molecule has 0 aromatic carbocycles. The third kappa shape index (κ3) is 4.98. The SMILES string of the molecule is CC(C)(C)C(O)CC(O)C(F)(F)C(F)(F)C(F)(F)F.[SrH2]. The van der Waals surface area contributed by atoms with Gasteiger partial charge in [-0.05, 0) is 5.41 Å². The van der Waals surface area contributed by atoms with E-state index in [9.17, 15) is 35.8 Å². The minimum atomic E-state index is -6.50. The standard InChI is InChI=1S/C10H15F7O2.Sr.2H/c1-7(2,3)5(18)4-6(19)8(11,12)9(13,14)10(15,16)17;;;/h5-6,18-19H,4H2,1-3H3;;;. The van der Waals surface area contributed by atoms with Crippen molar-refractivity contribution >= 4 is 45.5 Å². The Morgan fingerprint density at radius 2 is 1.15 bits per heavy atom. The van der Waals surface area contributed by atoms with E-state index < -0.39 is 42.1 Å². The van der Waals surface area contributed by atoms with E-state index in [1.807, 2.05) is 0 Å². The zero-order chi connectivity index (χ0) is 15.9. The van der Waals surface area contributed by atoms with Crippen molar-refractivity contribution in [3.8, 4) is 0 Å². The van der Waals surface area contributed by atoms with Gasteiger partial charge >= 0.3 is 63.5 Å². The topological polar surface area (TPSA) is 40.5 Å². The molecule has 0 saturated heterocycles. The second kappa shape index (κ2) is 6.99. The van der Waals surface area contributed by atoms with Crippen molar-refractivity contribution in [1.29, 1.82) is 0 Å². The monoisotopic (exact) mass is 390 g/mol. The van der Waals surface area contributed by atoms with Crippen LogP contribution in [-0.2, 0) is 0 Å². The summed E-state index contributed by atoms with van der Waals surface area (Å²) >= 11 is 0. The van der Waals surface area contributed by atoms with E-state index in [-0.39, 0.29) is 45.5 Å². The number of rotatable bonds is 4. The quantitative estimate of drug-likeness (QED) is 0.571. The van der Waals surface area contributed by atoms with Crippen LogP contribution in [0.4, 0.5) is 30.7 Å². The average Bonchev–Trinajstić information content (AvgIpc) is 2.13. The van der Waals surface area contributed by atoms with Gasteiger partial charge in [-0.25, -0.2) is 0 Å². The molecule has 10 heteroatoms. The second-order valence-corrected chi connectivity index (χ2v) is 5.33. The fourth-order valence-electron chi connectivity index (χ4n) is 1.11. The second-order valence-electron chi connectivity index (χ2n) is 5.33. The molecule has 2 nitrogen and oxygen atoms in total. The van der Waals surface area contributed by atoms with Crippen LogP contribution in [0.3, 0.4) is 0 Å². The predicted octanol–water partition coefficient (Wildman–Crippen LogP) is 2.06. The van der Waals surface area contributed by atoms with Crippen LogP contribution >= 0.6 is 0 Å². The zero-order valence-corrected chi connectivity index (χ0v) is 10.4. The van der Waals surface area contributed by atoms with Crippen LogP contribution in [-0.4, -0.2) is 85.9 Å². The molecule has 2 atom stereocenters. The van der Waals surface area contributed by atoms with Crippen molar-refractivity contribution in [1.82, 2.24) is 0 Å². The van der Waals surface area contributed by atoms with Crippen molar-refractivity contribution < 1.29 is 40.9 Å². The fraction of sp³-hybridized carbons (Fsp3) is 1.00. The van der Waals surface area contributed by atoms with Crippen LogP contribution in [0.2, 0.25) is 0 Å². The molecule has 2 unspecified atom stereocenters. The Morgan fingerprint density at radius 1 is 0.800 bits per heavy atom. The first-order valence-electron chi connectivity index (χ1n) is 5.23. The number of aliphatic hydroxyl groups is 2. The molecule has 0 saturated carbocycles. The minimum absolute atomic E-state index is 0. The molecule has 0 aromatic rings. The summed E-state index contributed by atoms with van der Waals surface area (Å²) in [5.74, 6) is -12.1. The van der Waals surface area contributed by atoms with Gasteiger partial charge < -0.3 is 10.2 Å². The Bertz CT molecular complexity index is 312. The maximum atomic E-state index is 13.0. The predicted molar refractivity (Wildman–Crippen MR) is 60.6 cm³/mol. The summed E-state index contributed by atoms with van der Waals surface area (Å²) in [7, 11) is 0. The number of hydrogen-bond acceptors (Lipinski definition) is 2. The Kier molecular flexibility index (Phi) is 8.10. The van der Waals surface area contributed by atoms with Crippen LogP contribution in [0, 0.1) is 5.41 Å². The molecule has 0 radical (unpaired) electrons. The third-order valence-corrected chi connectivity index (χ3v) is 2.64. The number of hydrogen-bond donors (Lipinski definition) is 2. The normalized spacial score (nSPS) is 17.4. The molecule has 0 aromatic heterocycles. The molecule has 0 aliphatic carbocycles. The van der Waals surface area contributed by atoms with Gasteiger partial charge in [0.1, 0.15) is 6.10 Å². The van der Waals surface area contributed by atoms with E-state index in [4.69, 9.17) is 5.11 Å². The van der Waals surface area contributed by atoms with Gasteiger partial charge in [0.05, 0.1) is 6.10 Å². The van der Waals surface area contributed by atoms with Gasteiger partial charge in [0.15, 0.2) is 0 Å². The van der Waals surface area contributed by atoms with Crippen molar-refractivity contribution in [3.63, 3.8) is 0 Å². The molecule has 0 bridgehead atoms. The summed E-state index contributed by atoms with van der Waals surface area (Å²) in [5, 5.41) is 18.3. The van der Waals surface area contributed by atoms with Crippen molar-refractivity contribution in [2.45, 2.75) is 57.4 Å². The summed E-state index contributed by atoms with van der Waals surface area (Å²) < 4.78 is 86.8. The Labute approximate surface area is 148 Å². The van der Waals surface area contributed by atoms with E-state index in [1.54, 1.807) is 0 Å². The molecule has 0 spiro atoms. The van der Waals surface area contributed by atoms with Crippen LogP contribution in [0.5, 0.6) is 0 Å². The maximum absolute atomic E-state index is 13.0. The molecule has 0 rings (SSSR count). The van der Waals surface area contributed by atoms with Crippen LogP contribution in [0.25, 0.3) is 0 Å². The summed E-state index contributed by atoms with van der Waals surface area (Å²) in [5.41, 5.74) is -1.05.